The maximum atomic E-state index is 5.13. The predicted octanol–water partition coefficient (Wildman–Crippen LogP) is -0.306. The molecule has 0 aliphatic rings. The minimum absolute atomic E-state index is 0.543. The van der Waals surface area contributed by atoms with E-state index in [-0.39, 0.29) is 0 Å². The Morgan fingerprint density at radius 2 is 1.73 bits per heavy atom. The van der Waals surface area contributed by atoms with Crippen LogP contribution in [0, 0.1) is 0 Å². The molecule has 0 bridgehead atoms. The van der Waals surface area contributed by atoms with E-state index < -0.39 is 0 Å². The van der Waals surface area contributed by atoms with Gasteiger partial charge in [0, 0.05) is 0 Å². The van der Waals surface area contributed by atoms with Gasteiger partial charge in [0.15, 0.2) is 0 Å². The van der Waals surface area contributed by atoms with Gasteiger partial charge in [-0.25, -0.2) is 0 Å². The summed E-state index contributed by atoms with van der Waals surface area (Å²) >= 11 is 0.543. The van der Waals surface area contributed by atoms with Crippen LogP contribution in [0.15, 0.2) is 18.2 Å². The van der Waals surface area contributed by atoms with Crippen LogP contribution < -0.4 is 13.1 Å². The summed E-state index contributed by atoms with van der Waals surface area (Å²) in [4.78, 5) is 0. The molecule has 0 saturated carbocycles. The Hall–Kier alpha value is -0.381. The van der Waals surface area contributed by atoms with E-state index in [4.69, 9.17) is 9.47 Å². The van der Waals surface area contributed by atoms with Crippen molar-refractivity contribution in [1.29, 1.82) is 0 Å². The summed E-state index contributed by atoms with van der Waals surface area (Å²) in [5.41, 5.74) is 0. The van der Waals surface area contributed by atoms with E-state index in [0.29, 0.717) is 22.5 Å². The molecule has 0 unspecified atom stereocenters. The average molecular weight is 259 g/mol. The normalized spacial score (nSPS) is 9.64. The molecule has 0 aliphatic carbocycles. The van der Waals surface area contributed by atoms with Crippen LogP contribution in [0.5, 0.6) is 11.5 Å². The maximum absolute atomic E-state index is 5.13. The molecular weight excluding hydrogens is 247 g/mol. The van der Waals surface area contributed by atoms with Gasteiger partial charge in [-0.1, -0.05) is 0 Å². The van der Waals surface area contributed by atoms with Crippen LogP contribution in [0.3, 0.4) is 0 Å². The average Bonchev–Trinajstić information content (AvgIpc) is 2.04. The fraction of sp³-hybridized carbons (Fsp3) is 0.250. The monoisotopic (exact) mass is 260 g/mol. The van der Waals surface area contributed by atoms with Crippen molar-refractivity contribution >= 4 is 26.1 Å². The van der Waals surface area contributed by atoms with E-state index in [0.717, 1.165) is 11.5 Å². The third-order valence-electron chi connectivity index (χ3n) is 1.54. The van der Waals surface area contributed by atoms with Gasteiger partial charge in [-0.2, -0.15) is 0 Å². The Morgan fingerprint density at radius 3 is 2.27 bits per heavy atom. The number of benzene rings is 1. The second-order valence-electron chi connectivity index (χ2n) is 2.36. The summed E-state index contributed by atoms with van der Waals surface area (Å²) in [6.45, 7) is 0. The molecule has 1 rings (SSSR count). The minimum atomic E-state index is 0.543. The van der Waals surface area contributed by atoms with E-state index in [9.17, 15) is 0 Å². The number of hydrogen-bond acceptors (Lipinski definition) is 2. The Balaban J connectivity index is 3.06. The molecule has 0 amide bonds. The van der Waals surface area contributed by atoms with Gasteiger partial charge in [-0.3, -0.25) is 0 Å². The summed E-state index contributed by atoms with van der Waals surface area (Å²) in [7, 11) is 3.31. The Bertz CT molecular complexity index is 248. The molecule has 0 heterocycles. The molecule has 0 aromatic heterocycles. The zero-order chi connectivity index (χ0) is 8.27. The van der Waals surface area contributed by atoms with Gasteiger partial charge < -0.3 is 0 Å². The van der Waals surface area contributed by atoms with Crippen LogP contribution in [0.2, 0.25) is 0 Å². The molecule has 0 spiro atoms. The van der Waals surface area contributed by atoms with Crippen molar-refractivity contribution < 1.29 is 9.47 Å². The first kappa shape index (κ1) is 8.71. The fourth-order valence-corrected chi connectivity index (χ4v) is 2.17. The van der Waals surface area contributed by atoms with Gasteiger partial charge in [0.1, 0.15) is 0 Å². The molecular formula is C8H12O2Sn. The number of methoxy groups -OCH3 is 2. The molecule has 0 N–H and O–H groups in total. The van der Waals surface area contributed by atoms with Crippen molar-refractivity contribution in [2.24, 2.45) is 0 Å². The zero-order valence-corrected chi connectivity index (χ0v) is 12.8. The molecule has 0 saturated heterocycles. The summed E-state index contributed by atoms with van der Waals surface area (Å²) < 4.78 is 11.6. The summed E-state index contributed by atoms with van der Waals surface area (Å²) in [5, 5.41) is 0. The van der Waals surface area contributed by atoms with Crippen molar-refractivity contribution in [3.8, 4) is 11.5 Å². The Kier molecular flexibility index (Phi) is 3.05. The quantitative estimate of drug-likeness (QED) is 0.678. The Morgan fingerprint density at radius 1 is 1.09 bits per heavy atom. The van der Waals surface area contributed by atoms with Crippen LogP contribution in [0.25, 0.3) is 0 Å². The van der Waals surface area contributed by atoms with Gasteiger partial charge >= 0.3 is 79.5 Å². The molecule has 2 nitrogen and oxygen atoms in total. The van der Waals surface area contributed by atoms with Gasteiger partial charge in [-0.05, 0) is 0 Å². The van der Waals surface area contributed by atoms with Crippen LogP contribution in [-0.4, -0.2) is 36.7 Å². The summed E-state index contributed by atoms with van der Waals surface area (Å²) in [6.07, 6.45) is 0. The molecule has 0 fully saturated rings. The first-order valence-electron chi connectivity index (χ1n) is 3.46. The molecule has 0 radical (unpaired) electrons. The first-order chi connectivity index (χ1) is 5.27. The standard InChI is InChI=1S/C8H9O2.Sn.3H/c1-9-7-5-3-4-6-8(7)10-2;;;;/h3,5-6H,1-2H3;;;;. The molecule has 1 aromatic carbocycles. The van der Waals surface area contributed by atoms with Crippen LogP contribution in [0.4, 0.5) is 0 Å². The van der Waals surface area contributed by atoms with E-state index >= 15 is 0 Å². The summed E-state index contributed by atoms with van der Waals surface area (Å²) in [5.74, 6) is 1.65. The Labute approximate surface area is 79.6 Å². The second kappa shape index (κ2) is 3.85. The van der Waals surface area contributed by atoms with Crippen molar-refractivity contribution in [2.45, 2.75) is 0 Å². The van der Waals surface area contributed by atoms with Crippen molar-refractivity contribution in [2.75, 3.05) is 14.2 Å². The van der Waals surface area contributed by atoms with Gasteiger partial charge in [0.25, 0.3) is 0 Å². The SMILES string of the molecule is COc1cc[c]([SnH3])cc1OC. The van der Waals surface area contributed by atoms with Gasteiger partial charge in [0.2, 0.25) is 0 Å². The topological polar surface area (TPSA) is 18.5 Å². The van der Waals surface area contributed by atoms with E-state index in [1.165, 1.54) is 3.58 Å². The number of hydrogen-bond donors (Lipinski definition) is 0. The predicted molar refractivity (Wildman–Crippen MR) is 49.1 cm³/mol. The molecule has 0 aliphatic heterocycles. The second-order valence-corrected chi connectivity index (χ2v) is 5.65. The van der Waals surface area contributed by atoms with E-state index in [2.05, 4.69) is 6.07 Å². The summed E-state index contributed by atoms with van der Waals surface area (Å²) in [6, 6.07) is 6.07. The first-order valence-corrected chi connectivity index (χ1v) is 6.32. The van der Waals surface area contributed by atoms with E-state index in [1.54, 1.807) is 14.2 Å². The third kappa shape index (κ3) is 2.02. The number of ether oxygens (including phenoxy) is 2. The zero-order valence-electron chi connectivity index (χ0n) is 7.05. The van der Waals surface area contributed by atoms with Gasteiger partial charge in [-0.15, -0.1) is 0 Å². The van der Waals surface area contributed by atoms with Crippen LogP contribution in [0.1, 0.15) is 0 Å². The number of rotatable bonds is 2. The molecule has 60 valence electrons. The third-order valence-corrected chi connectivity index (χ3v) is 3.31. The fourth-order valence-electron chi connectivity index (χ4n) is 0.943. The van der Waals surface area contributed by atoms with Crippen LogP contribution in [-0.2, 0) is 0 Å². The molecule has 1 aromatic rings. The molecule has 3 heteroatoms. The molecule has 11 heavy (non-hydrogen) atoms. The molecule has 0 atom stereocenters. The van der Waals surface area contributed by atoms with E-state index in [1.807, 2.05) is 12.1 Å². The van der Waals surface area contributed by atoms with Crippen molar-refractivity contribution in [3.05, 3.63) is 18.2 Å². The van der Waals surface area contributed by atoms with Crippen LogP contribution >= 0.6 is 0 Å². The van der Waals surface area contributed by atoms with Gasteiger partial charge in [0.05, 0.1) is 0 Å². The van der Waals surface area contributed by atoms with Crippen molar-refractivity contribution in [3.63, 3.8) is 0 Å². The van der Waals surface area contributed by atoms with Crippen molar-refractivity contribution in [1.82, 2.24) is 0 Å².